The molecule has 44 valence electrons. The Morgan fingerprint density at radius 2 is 2.22 bits per heavy atom. The Hall–Kier alpha value is -0.0838. The minimum atomic E-state index is 0. The molecule has 0 saturated heterocycles. The average molecular weight is 131 g/mol. The molecule has 1 aromatic heterocycles. The van der Waals surface area contributed by atoms with Gasteiger partial charge < -0.3 is 12.4 Å². The van der Waals surface area contributed by atoms with E-state index >= 15 is 0 Å². The van der Waals surface area contributed by atoms with Gasteiger partial charge in [0.05, 0.1) is 0 Å². The zero-order valence-electron chi connectivity index (χ0n) is 5.89. The fourth-order valence-corrected chi connectivity index (χ4v) is 0.404. The fraction of sp³-hybridized carbons (Fsp3) is 0.143. The minimum absolute atomic E-state index is 0. The van der Waals surface area contributed by atoms with Crippen LogP contribution >= 0.6 is 0 Å². The zero-order valence-corrected chi connectivity index (χ0v) is 7.30. The van der Waals surface area contributed by atoms with Gasteiger partial charge in [-0.1, -0.05) is 12.4 Å². The first-order valence-electron chi connectivity index (χ1n) is 2.17. The summed E-state index contributed by atoms with van der Waals surface area (Å²) in [4.78, 5) is 3.83. The molecule has 2 heteroatoms. The topological polar surface area (TPSA) is 12.9 Å². The van der Waals surface area contributed by atoms with E-state index in [1.54, 1.807) is 12.4 Å². The summed E-state index contributed by atoms with van der Waals surface area (Å²) in [6.45, 7) is 1.99. The maximum atomic E-state index is 3.83. The summed E-state index contributed by atoms with van der Waals surface area (Å²) < 4.78 is 0. The second-order valence-corrected chi connectivity index (χ2v) is 1.46. The number of pyridine rings is 1. The van der Waals surface area contributed by atoms with Crippen molar-refractivity contribution >= 4 is 23.1 Å². The van der Waals surface area contributed by atoms with Gasteiger partial charge in [-0.05, 0) is 0 Å². The monoisotopic (exact) mass is 131 g/mol. The molecule has 1 heterocycles. The molecule has 0 spiro atoms. The van der Waals surface area contributed by atoms with Crippen molar-refractivity contribution in [3.63, 3.8) is 0 Å². The zero-order chi connectivity index (χ0) is 5.11. The molecular formula is C7H9MgN. The third-order valence-corrected chi connectivity index (χ3v) is 0.738. The van der Waals surface area contributed by atoms with E-state index < -0.39 is 0 Å². The molecule has 0 unspecified atom stereocenters. The number of hydrogen-bond donors (Lipinski definition) is 0. The number of aryl methyl sites for hydroxylation is 1. The maximum Gasteiger partial charge on any atom is 2.00 e. The first-order chi connectivity index (χ1) is 3.39. The molecule has 0 radical (unpaired) electrons. The number of aromatic nitrogens is 1. The summed E-state index contributed by atoms with van der Waals surface area (Å²) in [7, 11) is 0. The summed E-state index contributed by atoms with van der Waals surface area (Å²) in [5, 5.41) is 0. The van der Waals surface area contributed by atoms with Gasteiger partial charge in [0.25, 0.3) is 0 Å². The van der Waals surface area contributed by atoms with E-state index in [0.29, 0.717) is 0 Å². The van der Waals surface area contributed by atoms with Crippen LogP contribution in [0.15, 0.2) is 18.5 Å². The third-order valence-electron chi connectivity index (χ3n) is 0.738. The van der Waals surface area contributed by atoms with Crippen LogP contribution < -0.4 is 0 Å². The van der Waals surface area contributed by atoms with Crippen molar-refractivity contribution in [3.8, 4) is 0 Å². The predicted octanol–water partition coefficient (Wildman–Crippen LogP) is 1.26. The fourth-order valence-electron chi connectivity index (χ4n) is 0.404. The van der Waals surface area contributed by atoms with E-state index in [-0.39, 0.29) is 30.5 Å². The van der Waals surface area contributed by atoms with Crippen LogP contribution in [0.4, 0.5) is 0 Å². The second-order valence-electron chi connectivity index (χ2n) is 1.46. The molecule has 0 aliphatic carbocycles. The molecule has 1 nitrogen and oxygen atoms in total. The van der Waals surface area contributed by atoms with Crippen LogP contribution in [-0.2, 0) is 0 Å². The van der Waals surface area contributed by atoms with E-state index in [0.717, 1.165) is 5.56 Å². The summed E-state index contributed by atoms with van der Waals surface area (Å²) in [5.74, 6) is 0. The van der Waals surface area contributed by atoms with Gasteiger partial charge in [-0.3, -0.25) is 0 Å². The van der Waals surface area contributed by atoms with Gasteiger partial charge >= 0.3 is 23.1 Å². The summed E-state index contributed by atoms with van der Waals surface area (Å²) in [6, 6.07) is 4.75. The van der Waals surface area contributed by atoms with Gasteiger partial charge in [0, 0.05) is 0 Å². The van der Waals surface area contributed by atoms with Crippen LogP contribution in [0.25, 0.3) is 0 Å². The first kappa shape index (κ1) is 11.7. The van der Waals surface area contributed by atoms with Crippen LogP contribution in [0.2, 0.25) is 0 Å². The van der Waals surface area contributed by atoms with Crippen molar-refractivity contribution in [2.24, 2.45) is 0 Å². The Kier molecular flexibility index (Phi) is 7.84. The van der Waals surface area contributed by atoms with Gasteiger partial charge in [0.1, 0.15) is 0 Å². The molecule has 0 atom stereocenters. The van der Waals surface area contributed by atoms with Gasteiger partial charge in [-0.25, -0.2) is 12.1 Å². The quantitative estimate of drug-likeness (QED) is 0.382. The van der Waals surface area contributed by atoms with Crippen molar-refractivity contribution in [3.05, 3.63) is 37.5 Å². The average Bonchev–Trinajstić information content (AvgIpc) is 1.69. The Labute approximate surface area is 72.7 Å². The van der Waals surface area contributed by atoms with Crippen molar-refractivity contribution in [1.29, 1.82) is 0 Å². The predicted molar refractivity (Wildman–Crippen MR) is 40.0 cm³/mol. The maximum absolute atomic E-state index is 3.83. The largest absolute Gasteiger partial charge is 2.00 e. The molecule has 0 N–H and O–H groups in total. The number of hydrogen-bond acceptors (Lipinski definition) is 1. The molecule has 0 fully saturated rings. The smallest absolute Gasteiger partial charge is 0.358 e. The molecule has 1 aromatic rings. The summed E-state index contributed by atoms with van der Waals surface area (Å²) in [5.41, 5.74) is 1.16. The van der Waals surface area contributed by atoms with Gasteiger partial charge in [-0.2, -0.15) is 5.56 Å². The van der Waals surface area contributed by atoms with Crippen LogP contribution in [0.1, 0.15) is 5.56 Å². The molecule has 1 rings (SSSR count). The van der Waals surface area contributed by atoms with Crippen LogP contribution in [0.3, 0.4) is 0 Å². The minimum Gasteiger partial charge on any atom is -0.358 e. The van der Waals surface area contributed by atoms with Crippen molar-refractivity contribution in [2.75, 3.05) is 0 Å². The van der Waals surface area contributed by atoms with E-state index in [2.05, 4.69) is 11.1 Å². The summed E-state index contributed by atoms with van der Waals surface area (Å²) in [6.07, 6.45) is 3.45. The van der Waals surface area contributed by atoms with Crippen molar-refractivity contribution in [2.45, 2.75) is 6.92 Å². The molecule has 0 aromatic carbocycles. The van der Waals surface area contributed by atoms with Crippen LogP contribution in [0, 0.1) is 20.4 Å². The first-order valence-corrected chi connectivity index (χ1v) is 2.17. The third kappa shape index (κ3) is 4.42. The van der Waals surface area contributed by atoms with E-state index in [1.165, 1.54) is 0 Å². The van der Waals surface area contributed by atoms with Crippen LogP contribution in [-0.4, -0.2) is 28.0 Å². The molecule has 0 bridgehead atoms. The number of nitrogens with zero attached hydrogens (tertiary/aromatic N) is 1. The van der Waals surface area contributed by atoms with E-state index in [9.17, 15) is 0 Å². The van der Waals surface area contributed by atoms with E-state index in [1.807, 2.05) is 13.0 Å². The second kappa shape index (κ2) is 6.04. The van der Waals surface area contributed by atoms with Gasteiger partial charge in [0.2, 0.25) is 0 Å². The molecule has 0 saturated carbocycles. The molecule has 0 amide bonds. The normalized spacial score (nSPS) is 6.78. The van der Waals surface area contributed by atoms with Gasteiger partial charge in [0.15, 0.2) is 0 Å². The SMILES string of the molecule is Cc1c[c-]cnc1.[CH3-].[Mg+2]. The Bertz CT molecular complexity index is 139. The molecule has 0 aliphatic heterocycles. The van der Waals surface area contributed by atoms with Gasteiger partial charge in [-0.15, -0.1) is 6.92 Å². The van der Waals surface area contributed by atoms with Crippen molar-refractivity contribution < 1.29 is 0 Å². The van der Waals surface area contributed by atoms with E-state index in [4.69, 9.17) is 0 Å². The standard InChI is InChI=1S/C6H6N.CH3.Mg/c1-6-3-2-4-7-5-6;;/h3-5H,1H3;1H3;/q2*-1;+2. The summed E-state index contributed by atoms with van der Waals surface area (Å²) >= 11 is 0. The molecular weight excluding hydrogens is 122 g/mol. The molecule has 0 aliphatic rings. The van der Waals surface area contributed by atoms with Crippen molar-refractivity contribution in [1.82, 2.24) is 4.98 Å². The molecule has 9 heavy (non-hydrogen) atoms. The number of rotatable bonds is 0. The Morgan fingerprint density at radius 3 is 2.44 bits per heavy atom. The van der Waals surface area contributed by atoms with Crippen LogP contribution in [0.5, 0.6) is 0 Å². The Balaban J connectivity index is 0. The Morgan fingerprint density at radius 1 is 1.56 bits per heavy atom.